The van der Waals surface area contributed by atoms with Crippen LogP contribution >= 0.6 is 0 Å². The number of methoxy groups -OCH3 is 2. The molecule has 0 bridgehead atoms. The third-order valence-corrected chi connectivity index (χ3v) is 2.99. The van der Waals surface area contributed by atoms with Gasteiger partial charge in [-0.25, -0.2) is 9.78 Å². The van der Waals surface area contributed by atoms with Crippen LogP contribution in [0.15, 0.2) is 30.5 Å². The SMILES string of the molecule is COc1ccc2ccnc(NCC(OC)C(=O)O)c2c1. The molecule has 1 aromatic heterocycles. The summed E-state index contributed by atoms with van der Waals surface area (Å²) in [5.41, 5.74) is 0. The molecule has 1 atom stereocenters. The quantitative estimate of drug-likeness (QED) is 0.836. The third kappa shape index (κ3) is 2.97. The van der Waals surface area contributed by atoms with Crippen LogP contribution in [0, 0.1) is 0 Å². The van der Waals surface area contributed by atoms with Crippen molar-refractivity contribution in [2.24, 2.45) is 0 Å². The summed E-state index contributed by atoms with van der Waals surface area (Å²) in [7, 11) is 2.95. The highest BCUT2D eigenvalue weighted by molar-refractivity contribution is 5.92. The molecule has 0 aliphatic carbocycles. The van der Waals surface area contributed by atoms with Crippen LogP contribution in [0.4, 0.5) is 5.82 Å². The molecule has 0 saturated carbocycles. The molecule has 0 aliphatic heterocycles. The van der Waals surface area contributed by atoms with E-state index in [2.05, 4.69) is 10.3 Å². The first kappa shape index (κ1) is 14.1. The maximum atomic E-state index is 10.9. The first-order valence-corrected chi connectivity index (χ1v) is 6.08. The second-order valence-electron chi connectivity index (χ2n) is 4.19. The minimum atomic E-state index is -1.02. The van der Waals surface area contributed by atoms with Gasteiger partial charge in [0.25, 0.3) is 0 Å². The zero-order valence-electron chi connectivity index (χ0n) is 11.3. The van der Waals surface area contributed by atoms with E-state index >= 15 is 0 Å². The molecule has 0 spiro atoms. The van der Waals surface area contributed by atoms with Crippen LogP contribution in [0.2, 0.25) is 0 Å². The van der Waals surface area contributed by atoms with Crippen molar-refractivity contribution < 1.29 is 19.4 Å². The normalized spacial score (nSPS) is 12.1. The number of carboxylic acids is 1. The third-order valence-electron chi connectivity index (χ3n) is 2.99. The molecule has 106 valence electrons. The molecule has 2 N–H and O–H groups in total. The van der Waals surface area contributed by atoms with Gasteiger partial charge >= 0.3 is 5.97 Å². The molecular weight excluding hydrogens is 260 g/mol. The number of carbonyl (C=O) groups is 1. The molecule has 6 heteroatoms. The van der Waals surface area contributed by atoms with E-state index in [1.165, 1.54) is 7.11 Å². The van der Waals surface area contributed by atoms with Crippen LogP contribution in [-0.4, -0.2) is 42.9 Å². The van der Waals surface area contributed by atoms with Gasteiger partial charge in [0, 0.05) is 18.7 Å². The zero-order valence-corrected chi connectivity index (χ0v) is 11.3. The van der Waals surface area contributed by atoms with Gasteiger partial charge in [-0.05, 0) is 23.6 Å². The molecule has 0 radical (unpaired) electrons. The van der Waals surface area contributed by atoms with Crippen molar-refractivity contribution in [3.63, 3.8) is 0 Å². The summed E-state index contributed by atoms with van der Waals surface area (Å²) in [5.74, 6) is 0.303. The average molecular weight is 276 g/mol. The van der Waals surface area contributed by atoms with Crippen LogP contribution in [0.1, 0.15) is 0 Å². The molecule has 0 fully saturated rings. The Labute approximate surface area is 116 Å². The second kappa shape index (κ2) is 6.21. The topological polar surface area (TPSA) is 80.7 Å². The molecular formula is C14H16N2O4. The Bertz CT molecular complexity index is 615. The van der Waals surface area contributed by atoms with E-state index in [-0.39, 0.29) is 6.54 Å². The summed E-state index contributed by atoms with van der Waals surface area (Å²) < 4.78 is 10.1. The maximum Gasteiger partial charge on any atom is 0.334 e. The number of hydrogen-bond donors (Lipinski definition) is 2. The Morgan fingerprint density at radius 3 is 2.85 bits per heavy atom. The van der Waals surface area contributed by atoms with Crippen molar-refractivity contribution in [2.75, 3.05) is 26.1 Å². The molecule has 2 aromatic rings. The molecule has 1 aromatic carbocycles. The van der Waals surface area contributed by atoms with Gasteiger partial charge < -0.3 is 19.9 Å². The van der Waals surface area contributed by atoms with Crippen molar-refractivity contribution >= 4 is 22.6 Å². The Kier molecular flexibility index (Phi) is 4.37. The van der Waals surface area contributed by atoms with Crippen LogP contribution in [-0.2, 0) is 9.53 Å². The van der Waals surface area contributed by atoms with Crippen molar-refractivity contribution in [3.05, 3.63) is 30.5 Å². The summed E-state index contributed by atoms with van der Waals surface area (Å²) in [6, 6.07) is 7.52. The lowest BCUT2D eigenvalue weighted by Gasteiger charge is -2.13. The lowest BCUT2D eigenvalue weighted by molar-refractivity contribution is -0.147. The lowest BCUT2D eigenvalue weighted by Crippen LogP contribution is -2.30. The van der Waals surface area contributed by atoms with Gasteiger partial charge in [0.1, 0.15) is 11.6 Å². The summed E-state index contributed by atoms with van der Waals surface area (Å²) in [5, 5.41) is 13.8. The Hall–Kier alpha value is -2.34. The number of hydrogen-bond acceptors (Lipinski definition) is 5. The fourth-order valence-electron chi connectivity index (χ4n) is 1.88. The van der Waals surface area contributed by atoms with E-state index in [1.54, 1.807) is 13.3 Å². The van der Waals surface area contributed by atoms with E-state index in [0.29, 0.717) is 5.82 Å². The molecule has 6 nitrogen and oxygen atoms in total. The predicted octanol–water partition coefficient (Wildman–Crippen LogP) is 1.75. The maximum absolute atomic E-state index is 10.9. The van der Waals surface area contributed by atoms with Crippen molar-refractivity contribution in [2.45, 2.75) is 6.10 Å². The number of aliphatic carboxylic acids is 1. The highest BCUT2D eigenvalue weighted by atomic mass is 16.5. The fraction of sp³-hybridized carbons (Fsp3) is 0.286. The highest BCUT2D eigenvalue weighted by Gasteiger charge is 2.16. The number of pyridine rings is 1. The average Bonchev–Trinajstić information content (AvgIpc) is 2.47. The number of aromatic nitrogens is 1. The van der Waals surface area contributed by atoms with Gasteiger partial charge in [-0.2, -0.15) is 0 Å². The number of anilines is 1. The first-order valence-electron chi connectivity index (χ1n) is 6.08. The minimum Gasteiger partial charge on any atom is -0.497 e. The van der Waals surface area contributed by atoms with Crippen LogP contribution in [0.3, 0.4) is 0 Å². The number of carboxylic acid groups (broad SMARTS) is 1. The van der Waals surface area contributed by atoms with Crippen molar-refractivity contribution in [1.82, 2.24) is 4.98 Å². The zero-order chi connectivity index (χ0) is 14.5. The number of ether oxygens (including phenoxy) is 2. The van der Waals surface area contributed by atoms with Gasteiger partial charge in [0.2, 0.25) is 0 Å². The van der Waals surface area contributed by atoms with Crippen LogP contribution < -0.4 is 10.1 Å². The number of nitrogens with one attached hydrogen (secondary N) is 1. The van der Waals surface area contributed by atoms with Gasteiger partial charge in [-0.1, -0.05) is 6.07 Å². The number of benzene rings is 1. The highest BCUT2D eigenvalue weighted by Crippen LogP contribution is 2.25. The van der Waals surface area contributed by atoms with E-state index in [9.17, 15) is 4.79 Å². The monoisotopic (exact) mass is 276 g/mol. The number of fused-ring (bicyclic) bond motifs is 1. The van der Waals surface area contributed by atoms with Gasteiger partial charge in [-0.15, -0.1) is 0 Å². The Morgan fingerprint density at radius 2 is 2.20 bits per heavy atom. The minimum absolute atomic E-state index is 0.134. The van der Waals surface area contributed by atoms with Crippen LogP contribution in [0.5, 0.6) is 5.75 Å². The van der Waals surface area contributed by atoms with E-state index in [4.69, 9.17) is 14.6 Å². The van der Waals surface area contributed by atoms with E-state index in [1.807, 2.05) is 24.3 Å². The molecule has 1 unspecified atom stereocenters. The van der Waals surface area contributed by atoms with E-state index in [0.717, 1.165) is 16.5 Å². The van der Waals surface area contributed by atoms with Crippen molar-refractivity contribution in [1.29, 1.82) is 0 Å². The predicted molar refractivity (Wildman–Crippen MR) is 75.2 cm³/mol. The fourth-order valence-corrected chi connectivity index (χ4v) is 1.88. The molecule has 20 heavy (non-hydrogen) atoms. The van der Waals surface area contributed by atoms with Gasteiger partial charge in [-0.3, -0.25) is 0 Å². The van der Waals surface area contributed by atoms with Crippen LogP contribution in [0.25, 0.3) is 10.8 Å². The lowest BCUT2D eigenvalue weighted by atomic mass is 10.1. The molecule has 1 heterocycles. The standard InChI is InChI=1S/C14H16N2O4/c1-19-10-4-3-9-5-6-15-13(11(9)7-10)16-8-12(20-2)14(17)18/h3-7,12H,8H2,1-2H3,(H,15,16)(H,17,18). The first-order chi connectivity index (χ1) is 9.65. The molecule has 0 amide bonds. The molecule has 0 saturated heterocycles. The summed E-state index contributed by atoms with van der Waals surface area (Å²) >= 11 is 0. The number of rotatable bonds is 6. The summed E-state index contributed by atoms with van der Waals surface area (Å²) in [6.45, 7) is 0.134. The number of nitrogens with zero attached hydrogens (tertiary/aromatic N) is 1. The van der Waals surface area contributed by atoms with E-state index < -0.39 is 12.1 Å². The smallest absolute Gasteiger partial charge is 0.334 e. The molecule has 0 aliphatic rings. The van der Waals surface area contributed by atoms with Gasteiger partial charge in [0.05, 0.1) is 13.7 Å². The summed E-state index contributed by atoms with van der Waals surface area (Å²) in [6.07, 6.45) is 0.748. The Balaban J connectivity index is 2.27. The second-order valence-corrected chi connectivity index (χ2v) is 4.19. The molecule has 2 rings (SSSR count). The summed E-state index contributed by atoms with van der Waals surface area (Å²) in [4.78, 5) is 15.1. The van der Waals surface area contributed by atoms with Crippen molar-refractivity contribution in [3.8, 4) is 5.75 Å². The largest absolute Gasteiger partial charge is 0.497 e. The Morgan fingerprint density at radius 1 is 1.40 bits per heavy atom. The van der Waals surface area contributed by atoms with Gasteiger partial charge in [0.15, 0.2) is 6.10 Å².